The number of anilines is 1. The lowest BCUT2D eigenvalue weighted by molar-refractivity contribution is 0.145. The maximum absolute atomic E-state index is 12.4. The summed E-state index contributed by atoms with van der Waals surface area (Å²) in [5, 5.41) is 0. The Bertz CT molecular complexity index is 315. The highest BCUT2D eigenvalue weighted by Gasteiger charge is 2.15. The van der Waals surface area contributed by atoms with E-state index in [1.54, 1.807) is 0 Å². The van der Waals surface area contributed by atoms with E-state index in [4.69, 9.17) is 17.3 Å². The average molecular weight is 207 g/mol. The first-order chi connectivity index (χ1) is 6.06. The van der Waals surface area contributed by atoms with Crippen LogP contribution in [-0.4, -0.2) is 4.98 Å². The fraction of sp³-hybridized carbons (Fsp3) is 0.375. The van der Waals surface area contributed by atoms with Crippen molar-refractivity contribution in [2.75, 3.05) is 5.73 Å². The number of hydrogen-bond acceptors (Lipinski definition) is 2. The molecule has 0 aliphatic rings. The minimum Gasteiger partial charge on any atom is -0.398 e. The van der Waals surface area contributed by atoms with Crippen LogP contribution in [0.2, 0.25) is 0 Å². The van der Waals surface area contributed by atoms with E-state index in [9.17, 15) is 8.78 Å². The SMILES string of the molecule is Cc1c(N)cc(CCl)nc1C(F)F. The van der Waals surface area contributed by atoms with Gasteiger partial charge in [0, 0.05) is 5.69 Å². The molecule has 1 aromatic heterocycles. The van der Waals surface area contributed by atoms with Crippen LogP contribution in [0.4, 0.5) is 14.5 Å². The molecule has 0 aliphatic carbocycles. The maximum Gasteiger partial charge on any atom is 0.280 e. The van der Waals surface area contributed by atoms with E-state index in [0.717, 1.165) is 0 Å². The van der Waals surface area contributed by atoms with Crippen LogP contribution in [0.3, 0.4) is 0 Å². The molecule has 0 unspecified atom stereocenters. The van der Waals surface area contributed by atoms with Gasteiger partial charge >= 0.3 is 0 Å². The third-order valence-electron chi connectivity index (χ3n) is 1.75. The van der Waals surface area contributed by atoms with E-state index >= 15 is 0 Å². The van der Waals surface area contributed by atoms with E-state index in [2.05, 4.69) is 4.98 Å². The average Bonchev–Trinajstić information content (AvgIpc) is 2.09. The lowest BCUT2D eigenvalue weighted by Crippen LogP contribution is -2.02. The van der Waals surface area contributed by atoms with Crippen LogP contribution in [0.5, 0.6) is 0 Å². The van der Waals surface area contributed by atoms with Crippen LogP contribution >= 0.6 is 11.6 Å². The van der Waals surface area contributed by atoms with Gasteiger partial charge in [-0.15, -0.1) is 11.6 Å². The second kappa shape index (κ2) is 3.87. The number of nitrogens with zero attached hydrogens (tertiary/aromatic N) is 1. The molecule has 2 nitrogen and oxygen atoms in total. The molecule has 0 aromatic carbocycles. The molecule has 2 N–H and O–H groups in total. The number of nitrogens with two attached hydrogens (primary N) is 1. The Morgan fingerprint density at radius 1 is 1.62 bits per heavy atom. The molecule has 0 amide bonds. The highest BCUT2D eigenvalue weighted by atomic mass is 35.5. The van der Waals surface area contributed by atoms with Gasteiger partial charge in [-0.3, -0.25) is 4.98 Å². The molecule has 0 fully saturated rings. The Kier molecular flexibility index (Phi) is 3.03. The van der Waals surface area contributed by atoms with E-state index in [0.29, 0.717) is 16.9 Å². The Balaban J connectivity index is 3.25. The van der Waals surface area contributed by atoms with E-state index < -0.39 is 6.43 Å². The molecule has 5 heteroatoms. The summed E-state index contributed by atoms with van der Waals surface area (Å²) in [6.07, 6.45) is -2.61. The topological polar surface area (TPSA) is 38.9 Å². The summed E-state index contributed by atoms with van der Waals surface area (Å²) < 4.78 is 24.7. The minimum absolute atomic E-state index is 0.0875. The molecule has 0 bridgehead atoms. The highest BCUT2D eigenvalue weighted by Crippen LogP contribution is 2.25. The van der Waals surface area contributed by atoms with Crippen molar-refractivity contribution in [1.29, 1.82) is 0 Å². The molecule has 0 atom stereocenters. The summed E-state index contributed by atoms with van der Waals surface area (Å²) in [5.74, 6) is 0.0875. The number of halogens is 3. The predicted molar refractivity (Wildman–Crippen MR) is 47.9 cm³/mol. The Morgan fingerprint density at radius 3 is 2.69 bits per heavy atom. The summed E-state index contributed by atoms with van der Waals surface area (Å²) in [7, 11) is 0. The van der Waals surface area contributed by atoms with Crippen molar-refractivity contribution in [3.05, 3.63) is 23.0 Å². The van der Waals surface area contributed by atoms with E-state index in [1.165, 1.54) is 13.0 Å². The summed E-state index contributed by atoms with van der Waals surface area (Å²) >= 11 is 5.46. The van der Waals surface area contributed by atoms with Gasteiger partial charge in [0.1, 0.15) is 5.69 Å². The van der Waals surface area contributed by atoms with Gasteiger partial charge in [0.15, 0.2) is 0 Å². The maximum atomic E-state index is 12.4. The minimum atomic E-state index is -2.61. The molecular weight excluding hydrogens is 198 g/mol. The predicted octanol–water partition coefficient (Wildman–Crippen LogP) is 2.65. The quantitative estimate of drug-likeness (QED) is 0.756. The van der Waals surface area contributed by atoms with Crippen LogP contribution in [-0.2, 0) is 5.88 Å². The molecule has 0 saturated carbocycles. The first-order valence-electron chi connectivity index (χ1n) is 3.66. The van der Waals surface area contributed by atoms with Crippen LogP contribution in [0, 0.1) is 6.92 Å². The van der Waals surface area contributed by atoms with Crippen molar-refractivity contribution < 1.29 is 8.78 Å². The molecule has 0 spiro atoms. The lowest BCUT2D eigenvalue weighted by Gasteiger charge is -2.08. The van der Waals surface area contributed by atoms with E-state index in [1.807, 2.05) is 0 Å². The van der Waals surface area contributed by atoms with Crippen molar-refractivity contribution in [3.8, 4) is 0 Å². The van der Waals surface area contributed by atoms with Crippen molar-refractivity contribution in [1.82, 2.24) is 4.98 Å². The Morgan fingerprint density at radius 2 is 2.23 bits per heavy atom. The number of nitrogen functional groups attached to an aromatic ring is 1. The first-order valence-corrected chi connectivity index (χ1v) is 4.19. The molecule has 72 valence electrons. The third-order valence-corrected chi connectivity index (χ3v) is 2.02. The van der Waals surface area contributed by atoms with Crippen LogP contribution in [0.15, 0.2) is 6.07 Å². The fourth-order valence-corrected chi connectivity index (χ4v) is 1.12. The number of pyridine rings is 1. The van der Waals surface area contributed by atoms with Gasteiger partial charge in [0.25, 0.3) is 6.43 Å². The second-order valence-electron chi connectivity index (χ2n) is 2.65. The number of hydrogen-bond donors (Lipinski definition) is 1. The molecule has 0 aliphatic heterocycles. The first kappa shape index (κ1) is 10.2. The molecule has 0 radical (unpaired) electrons. The van der Waals surface area contributed by atoms with Crippen LogP contribution in [0.25, 0.3) is 0 Å². The zero-order chi connectivity index (χ0) is 10.0. The second-order valence-corrected chi connectivity index (χ2v) is 2.91. The van der Waals surface area contributed by atoms with Crippen LogP contribution in [0.1, 0.15) is 23.4 Å². The summed E-state index contributed by atoms with van der Waals surface area (Å²) in [6, 6.07) is 1.51. The molecular formula is C8H9ClF2N2. The van der Waals surface area contributed by atoms with Crippen LogP contribution < -0.4 is 5.73 Å². The van der Waals surface area contributed by atoms with Gasteiger partial charge in [-0.1, -0.05) is 0 Å². The molecule has 1 rings (SSSR count). The molecule has 1 heterocycles. The molecule has 13 heavy (non-hydrogen) atoms. The van der Waals surface area contributed by atoms with Crippen molar-refractivity contribution in [3.63, 3.8) is 0 Å². The van der Waals surface area contributed by atoms with Gasteiger partial charge in [0.05, 0.1) is 11.6 Å². The summed E-state index contributed by atoms with van der Waals surface area (Å²) in [6.45, 7) is 1.52. The van der Waals surface area contributed by atoms with Gasteiger partial charge in [-0.2, -0.15) is 0 Å². The lowest BCUT2D eigenvalue weighted by atomic mass is 10.1. The monoisotopic (exact) mass is 206 g/mol. The molecule has 1 aromatic rings. The fourth-order valence-electron chi connectivity index (χ4n) is 0.987. The summed E-state index contributed by atoms with van der Waals surface area (Å²) in [5.41, 5.74) is 6.23. The Hall–Kier alpha value is -0.900. The number of rotatable bonds is 2. The van der Waals surface area contributed by atoms with Crippen molar-refractivity contribution in [2.24, 2.45) is 0 Å². The largest absolute Gasteiger partial charge is 0.398 e. The van der Waals surface area contributed by atoms with Gasteiger partial charge in [-0.05, 0) is 18.6 Å². The molecule has 0 saturated heterocycles. The zero-order valence-electron chi connectivity index (χ0n) is 7.02. The van der Waals surface area contributed by atoms with E-state index in [-0.39, 0.29) is 11.6 Å². The van der Waals surface area contributed by atoms with Gasteiger partial charge in [-0.25, -0.2) is 8.78 Å². The Labute approximate surface area is 79.7 Å². The van der Waals surface area contributed by atoms with Gasteiger partial charge < -0.3 is 5.73 Å². The van der Waals surface area contributed by atoms with Crippen molar-refractivity contribution in [2.45, 2.75) is 19.2 Å². The van der Waals surface area contributed by atoms with Crippen molar-refractivity contribution >= 4 is 17.3 Å². The standard InChI is InChI=1S/C8H9ClF2N2/c1-4-6(12)2-5(3-9)13-7(4)8(10)11/h2,8H,3H2,1H3,(H2,12,13). The smallest absolute Gasteiger partial charge is 0.280 e. The summed E-state index contributed by atoms with van der Waals surface area (Å²) in [4.78, 5) is 3.69. The number of aromatic nitrogens is 1. The zero-order valence-corrected chi connectivity index (χ0v) is 7.78. The number of alkyl halides is 3. The van der Waals surface area contributed by atoms with Gasteiger partial charge in [0.2, 0.25) is 0 Å². The normalized spacial score (nSPS) is 10.8. The highest BCUT2D eigenvalue weighted by molar-refractivity contribution is 6.16. The third kappa shape index (κ3) is 2.06.